The molecule has 1 aliphatic rings. The van der Waals surface area contributed by atoms with Crippen LogP contribution in [0.2, 0.25) is 10.0 Å². The highest BCUT2D eigenvalue weighted by Gasteiger charge is 2.29. The molecule has 0 fully saturated rings. The molecule has 3 rings (SSSR count). The van der Waals surface area contributed by atoms with Crippen LogP contribution < -0.4 is 10.1 Å². The van der Waals surface area contributed by atoms with Gasteiger partial charge in [0.15, 0.2) is 28.0 Å². The number of benzene rings is 2. The Balaban J connectivity index is 1.87. The number of halogens is 4. The fourth-order valence-electron chi connectivity index (χ4n) is 3.38. The van der Waals surface area contributed by atoms with Crippen LogP contribution in [0.1, 0.15) is 30.0 Å². The van der Waals surface area contributed by atoms with E-state index in [0.29, 0.717) is 35.4 Å². The summed E-state index contributed by atoms with van der Waals surface area (Å²) in [5, 5.41) is 11.9. The molecule has 2 N–H and O–H groups in total. The molecular weight excluding hydrogens is 463 g/mol. The Hall–Kier alpha value is -1.94. The van der Waals surface area contributed by atoms with Crippen LogP contribution in [0.4, 0.5) is 8.78 Å². The van der Waals surface area contributed by atoms with Gasteiger partial charge in [0, 0.05) is 16.6 Å². The van der Waals surface area contributed by atoms with E-state index >= 15 is 0 Å². The largest absolute Gasteiger partial charge is 0.479 e. The zero-order chi connectivity index (χ0) is 22.1. The second-order valence-corrected chi connectivity index (χ2v) is 9.54. The molecule has 0 spiro atoms. The van der Waals surface area contributed by atoms with E-state index in [1.54, 1.807) is 0 Å². The molecule has 30 heavy (non-hydrogen) atoms. The third kappa shape index (κ3) is 4.85. The molecule has 0 saturated carbocycles. The lowest BCUT2D eigenvalue weighted by Gasteiger charge is -2.28. The van der Waals surface area contributed by atoms with Gasteiger partial charge in [-0.15, -0.1) is 0 Å². The average molecular weight is 480 g/mol. The van der Waals surface area contributed by atoms with Gasteiger partial charge in [-0.1, -0.05) is 23.2 Å². The SMILES string of the molecule is O=C(O)COc1c(F)c(F)cc2c1CCCC2NCS(=O)(=O)c1ccc(Cl)cc1Cl. The van der Waals surface area contributed by atoms with Gasteiger partial charge in [0.2, 0.25) is 5.82 Å². The summed E-state index contributed by atoms with van der Waals surface area (Å²) in [5.74, 6) is -4.75. The van der Waals surface area contributed by atoms with E-state index in [1.807, 2.05) is 0 Å². The molecule has 162 valence electrons. The molecular formula is C19H17Cl2F2NO5S. The Bertz CT molecular complexity index is 1090. The van der Waals surface area contributed by atoms with E-state index in [2.05, 4.69) is 5.32 Å². The molecule has 0 aromatic heterocycles. The van der Waals surface area contributed by atoms with Crippen LogP contribution in [-0.2, 0) is 21.1 Å². The van der Waals surface area contributed by atoms with Crippen LogP contribution in [0.5, 0.6) is 5.75 Å². The summed E-state index contributed by atoms with van der Waals surface area (Å²) in [5.41, 5.74) is 0.652. The van der Waals surface area contributed by atoms with Crippen molar-refractivity contribution in [2.45, 2.75) is 30.2 Å². The molecule has 0 bridgehead atoms. The second kappa shape index (κ2) is 9.05. The van der Waals surface area contributed by atoms with Crippen molar-refractivity contribution >= 4 is 39.0 Å². The Morgan fingerprint density at radius 1 is 1.27 bits per heavy atom. The number of nitrogens with one attached hydrogen (secondary N) is 1. The van der Waals surface area contributed by atoms with Gasteiger partial charge >= 0.3 is 5.97 Å². The topological polar surface area (TPSA) is 92.7 Å². The second-order valence-electron chi connectivity index (χ2n) is 6.73. The Morgan fingerprint density at radius 2 is 2.00 bits per heavy atom. The standard InChI is InChI=1S/C19H17Cl2F2NO5S/c20-10-4-5-16(13(21)6-10)30(27,28)9-24-15-3-1-2-11-12(15)7-14(22)18(23)19(11)29-8-17(25)26/h4-7,15,24H,1-3,8-9H2,(H,25,26). The number of ether oxygens (including phenoxy) is 1. The number of hydrogen-bond acceptors (Lipinski definition) is 5. The molecule has 0 heterocycles. The number of rotatable bonds is 7. The summed E-state index contributed by atoms with van der Waals surface area (Å²) in [6.07, 6.45) is 1.36. The van der Waals surface area contributed by atoms with Crippen LogP contribution in [0.25, 0.3) is 0 Å². The summed E-state index contributed by atoms with van der Waals surface area (Å²) < 4.78 is 58.6. The Kier molecular flexibility index (Phi) is 6.86. The van der Waals surface area contributed by atoms with Crippen LogP contribution in [-0.4, -0.2) is 32.0 Å². The van der Waals surface area contributed by atoms with Crippen LogP contribution in [0.3, 0.4) is 0 Å². The summed E-state index contributed by atoms with van der Waals surface area (Å²) >= 11 is 11.8. The van der Waals surface area contributed by atoms with Crippen LogP contribution >= 0.6 is 23.2 Å². The maximum absolute atomic E-state index is 14.2. The van der Waals surface area contributed by atoms with Crippen molar-refractivity contribution in [3.8, 4) is 5.75 Å². The first kappa shape index (κ1) is 22.7. The monoisotopic (exact) mass is 479 g/mol. The van der Waals surface area contributed by atoms with Gasteiger partial charge in [-0.3, -0.25) is 5.32 Å². The summed E-state index contributed by atoms with van der Waals surface area (Å²) in [6, 6.07) is 4.40. The van der Waals surface area contributed by atoms with Crippen LogP contribution in [0.15, 0.2) is 29.2 Å². The molecule has 1 atom stereocenters. The highest BCUT2D eigenvalue weighted by molar-refractivity contribution is 7.91. The third-order valence-electron chi connectivity index (χ3n) is 4.70. The van der Waals surface area contributed by atoms with Crippen molar-refractivity contribution in [1.82, 2.24) is 5.32 Å². The minimum absolute atomic E-state index is 0.0224. The lowest BCUT2D eigenvalue weighted by Crippen LogP contribution is -2.31. The van der Waals surface area contributed by atoms with Crippen molar-refractivity contribution in [1.29, 1.82) is 0 Å². The molecule has 1 aliphatic carbocycles. The van der Waals surface area contributed by atoms with Gasteiger partial charge in [-0.25, -0.2) is 17.6 Å². The lowest BCUT2D eigenvalue weighted by molar-refractivity contribution is -0.139. The molecule has 0 saturated heterocycles. The molecule has 11 heteroatoms. The third-order valence-corrected chi connectivity index (χ3v) is 6.93. The number of sulfone groups is 1. The number of carbonyl (C=O) groups is 1. The first-order valence-electron chi connectivity index (χ1n) is 8.86. The van der Waals surface area contributed by atoms with Gasteiger partial charge in [-0.2, -0.15) is 4.39 Å². The van der Waals surface area contributed by atoms with Crippen LogP contribution in [0, 0.1) is 11.6 Å². The van der Waals surface area contributed by atoms with Gasteiger partial charge in [-0.05, 0) is 49.1 Å². The minimum Gasteiger partial charge on any atom is -0.479 e. The first-order chi connectivity index (χ1) is 14.1. The molecule has 6 nitrogen and oxygen atoms in total. The van der Waals surface area contributed by atoms with Gasteiger partial charge in [0.25, 0.3) is 0 Å². The van der Waals surface area contributed by atoms with Gasteiger partial charge in [0.1, 0.15) is 5.88 Å². The zero-order valence-electron chi connectivity index (χ0n) is 15.4. The number of hydrogen-bond donors (Lipinski definition) is 2. The predicted octanol–water partition coefficient (Wildman–Crippen LogP) is 4.13. The molecule has 2 aromatic rings. The van der Waals surface area contributed by atoms with Crippen molar-refractivity contribution in [2.75, 3.05) is 12.5 Å². The zero-order valence-corrected chi connectivity index (χ0v) is 17.8. The maximum atomic E-state index is 14.2. The lowest BCUT2D eigenvalue weighted by atomic mass is 9.87. The average Bonchev–Trinajstić information content (AvgIpc) is 2.66. The number of carboxylic acid groups (broad SMARTS) is 1. The fourth-order valence-corrected chi connectivity index (χ4v) is 5.35. The van der Waals surface area contributed by atoms with E-state index in [9.17, 15) is 22.0 Å². The molecule has 0 radical (unpaired) electrons. The normalized spacial score (nSPS) is 16.2. The first-order valence-corrected chi connectivity index (χ1v) is 11.3. The highest BCUT2D eigenvalue weighted by Crippen LogP contribution is 2.38. The highest BCUT2D eigenvalue weighted by atomic mass is 35.5. The molecule has 0 aliphatic heterocycles. The van der Waals surface area contributed by atoms with Crippen molar-refractivity contribution < 1.29 is 31.8 Å². The summed E-state index contributed by atoms with van der Waals surface area (Å²) in [7, 11) is -3.84. The van der Waals surface area contributed by atoms with E-state index in [1.165, 1.54) is 18.2 Å². The Morgan fingerprint density at radius 3 is 2.67 bits per heavy atom. The van der Waals surface area contributed by atoms with Gasteiger partial charge < -0.3 is 9.84 Å². The van der Waals surface area contributed by atoms with E-state index < -0.39 is 51.7 Å². The molecule has 2 aromatic carbocycles. The molecule has 0 amide bonds. The fraction of sp³-hybridized carbons (Fsp3) is 0.316. The van der Waals surface area contributed by atoms with Crippen molar-refractivity contribution in [3.05, 3.63) is 57.1 Å². The van der Waals surface area contributed by atoms with Crippen molar-refractivity contribution in [3.63, 3.8) is 0 Å². The van der Waals surface area contributed by atoms with E-state index in [-0.39, 0.29) is 9.92 Å². The summed E-state index contributed by atoms with van der Waals surface area (Å²) in [6.45, 7) is -0.825. The predicted molar refractivity (Wildman–Crippen MR) is 107 cm³/mol. The molecule has 1 unspecified atom stereocenters. The smallest absolute Gasteiger partial charge is 0.341 e. The maximum Gasteiger partial charge on any atom is 0.341 e. The minimum atomic E-state index is -3.84. The number of carboxylic acids is 1. The van der Waals surface area contributed by atoms with E-state index in [4.69, 9.17) is 33.0 Å². The van der Waals surface area contributed by atoms with Gasteiger partial charge in [0.05, 0.1) is 9.92 Å². The Labute approximate surface area is 181 Å². The van der Waals surface area contributed by atoms with E-state index in [0.717, 1.165) is 6.07 Å². The number of fused-ring (bicyclic) bond motifs is 1. The number of aliphatic carboxylic acids is 1. The summed E-state index contributed by atoms with van der Waals surface area (Å²) in [4.78, 5) is 10.7. The quantitative estimate of drug-likeness (QED) is 0.619. The van der Waals surface area contributed by atoms with Crippen molar-refractivity contribution in [2.24, 2.45) is 0 Å².